The lowest BCUT2D eigenvalue weighted by Crippen LogP contribution is -2.06. The van der Waals surface area contributed by atoms with Gasteiger partial charge in [0.25, 0.3) is 0 Å². The molecule has 25 heavy (non-hydrogen) atoms. The summed E-state index contributed by atoms with van der Waals surface area (Å²) in [7, 11) is 1.71. The van der Waals surface area contributed by atoms with Gasteiger partial charge >= 0.3 is 5.97 Å². The molecule has 0 radical (unpaired) electrons. The van der Waals surface area contributed by atoms with Gasteiger partial charge in [-0.3, -0.25) is 0 Å². The molecular formula is C19H17N3O3. The van der Waals surface area contributed by atoms with Crippen molar-refractivity contribution in [3.05, 3.63) is 83.9 Å². The van der Waals surface area contributed by atoms with E-state index in [2.05, 4.69) is 10.1 Å². The fourth-order valence-corrected chi connectivity index (χ4v) is 2.13. The molecule has 0 aliphatic rings. The molecule has 0 saturated carbocycles. The largest absolute Gasteiger partial charge is 0.489 e. The highest BCUT2D eigenvalue weighted by Crippen LogP contribution is 2.13. The van der Waals surface area contributed by atoms with Crippen LogP contribution < -0.4 is 4.74 Å². The lowest BCUT2D eigenvalue weighted by atomic mass is 10.2. The number of carbonyl (C=O) groups is 1. The average Bonchev–Trinajstić information content (AvgIpc) is 3.08. The molecule has 1 heterocycles. The maximum Gasteiger partial charge on any atom is 0.383 e. The van der Waals surface area contributed by atoms with Gasteiger partial charge in [-0.2, -0.15) is 0 Å². The number of hydrogen-bond acceptors (Lipinski definition) is 5. The summed E-state index contributed by atoms with van der Waals surface area (Å²) in [6, 6.07) is 17.3. The molecule has 0 bridgehead atoms. The van der Waals surface area contributed by atoms with E-state index in [1.165, 1.54) is 18.7 Å². The third-order valence-electron chi connectivity index (χ3n) is 3.49. The van der Waals surface area contributed by atoms with Gasteiger partial charge < -0.3 is 14.1 Å². The Bertz CT molecular complexity index is 855. The fourth-order valence-electron chi connectivity index (χ4n) is 2.13. The summed E-state index contributed by atoms with van der Waals surface area (Å²) < 4.78 is 7.28. The Morgan fingerprint density at radius 3 is 2.60 bits per heavy atom. The molecule has 0 spiro atoms. The molecular weight excluding hydrogens is 318 g/mol. The number of aryl methyl sites for hydroxylation is 1. The van der Waals surface area contributed by atoms with Crippen LogP contribution in [0.2, 0.25) is 0 Å². The van der Waals surface area contributed by atoms with Crippen molar-refractivity contribution in [3.63, 3.8) is 0 Å². The van der Waals surface area contributed by atoms with Crippen LogP contribution in [0.25, 0.3) is 0 Å². The molecule has 6 nitrogen and oxygen atoms in total. The fraction of sp³-hybridized carbons (Fsp3) is 0.105. The van der Waals surface area contributed by atoms with Crippen molar-refractivity contribution in [2.75, 3.05) is 0 Å². The van der Waals surface area contributed by atoms with E-state index in [4.69, 9.17) is 9.57 Å². The van der Waals surface area contributed by atoms with Gasteiger partial charge in [0, 0.05) is 7.05 Å². The number of benzene rings is 2. The SMILES string of the molecule is Cn1cncc1C(=O)ON=Cc1ccc(OCc2ccccc2)cc1. The number of rotatable bonds is 6. The van der Waals surface area contributed by atoms with Gasteiger partial charge in [-0.1, -0.05) is 35.5 Å². The molecule has 0 atom stereocenters. The van der Waals surface area contributed by atoms with Gasteiger partial charge in [0.05, 0.1) is 18.7 Å². The van der Waals surface area contributed by atoms with E-state index in [0.29, 0.717) is 12.3 Å². The smallest absolute Gasteiger partial charge is 0.383 e. The number of oxime groups is 1. The van der Waals surface area contributed by atoms with Gasteiger partial charge in [0.1, 0.15) is 18.1 Å². The first-order valence-corrected chi connectivity index (χ1v) is 7.70. The van der Waals surface area contributed by atoms with Crippen LogP contribution in [-0.2, 0) is 18.5 Å². The average molecular weight is 335 g/mol. The predicted molar refractivity (Wildman–Crippen MR) is 93.4 cm³/mol. The number of nitrogens with zero attached hydrogens (tertiary/aromatic N) is 3. The molecule has 0 amide bonds. The highest BCUT2D eigenvalue weighted by molar-refractivity contribution is 5.88. The molecule has 0 aliphatic heterocycles. The Kier molecular flexibility index (Phi) is 5.21. The minimum Gasteiger partial charge on any atom is -0.489 e. The number of hydrogen-bond donors (Lipinski definition) is 0. The van der Waals surface area contributed by atoms with Gasteiger partial charge in [-0.15, -0.1) is 0 Å². The summed E-state index contributed by atoms with van der Waals surface area (Å²) in [5.41, 5.74) is 2.24. The normalized spacial score (nSPS) is 10.8. The predicted octanol–water partition coefficient (Wildman–Crippen LogP) is 3.19. The van der Waals surface area contributed by atoms with E-state index >= 15 is 0 Å². The molecule has 0 aliphatic carbocycles. The van der Waals surface area contributed by atoms with Crippen molar-refractivity contribution >= 4 is 12.2 Å². The zero-order valence-electron chi connectivity index (χ0n) is 13.7. The highest BCUT2D eigenvalue weighted by Gasteiger charge is 2.10. The highest BCUT2D eigenvalue weighted by atomic mass is 16.7. The van der Waals surface area contributed by atoms with Gasteiger partial charge in [0.15, 0.2) is 0 Å². The Balaban J connectivity index is 1.52. The minimum absolute atomic E-state index is 0.335. The van der Waals surface area contributed by atoms with E-state index in [1.807, 2.05) is 54.6 Å². The second-order valence-electron chi connectivity index (χ2n) is 5.35. The summed E-state index contributed by atoms with van der Waals surface area (Å²) in [6.45, 7) is 0.511. The number of ether oxygens (including phenoxy) is 1. The van der Waals surface area contributed by atoms with Crippen LogP contribution in [0, 0.1) is 0 Å². The van der Waals surface area contributed by atoms with Crippen LogP contribution in [0.15, 0.2) is 72.3 Å². The Labute approximate surface area is 145 Å². The van der Waals surface area contributed by atoms with Crippen molar-refractivity contribution in [3.8, 4) is 5.75 Å². The molecule has 0 unspecified atom stereocenters. The maximum atomic E-state index is 11.8. The molecule has 0 N–H and O–H groups in total. The zero-order chi connectivity index (χ0) is 17.5. The molecule has 0 fully saturated rings. The van der Waals surface area contributed by atoms with Gasteiger partial charge in [-0.05, 0) is 35.4 Å². The molecule has 6 heteroatoms. The van der Waals surface area contributed by atoms with E-state index in [-0.39, 0.29) is 0 Å². The standard InChI is InChI=1S/C19H17N3O3/c1-22-14-20-12-18(22)19(23)25-21-11-15-7-9-17(10-8-15)24-13-16-5-3-2-4-6-16/h2-12,14H,13H2,1H3. The quantitative estimate of drug-likeness (QED) is 0.394. The molecule has 0 saturated heterocycles. The van der Waals surface area contributed by atoms with Crippen LogP contribution in [0.3, 0.4) is 0 Å². The Morgan fingerprint density at radius 1 is 1.16 bits per heavy atom. The van der Waals surface area contributed by atoms with Crippen molar-refractivity contribution in [2.24, 2.45) is 12.2 Å². The molecule has 2 aromatic carbocycles. The molecule has 3 aromatic rings. The lowest BCUT2D eigenvalue weighted by molar-refractivity contribution is 0.0508. The van der Waals surface area contributed by atoms with Crippen molar-refractivity contribution < 1.29 is 14.4 Å². The maximum absolute atomic E-state index is 11.8. The van der Waals surface area contributed by atoms with Crippen LogP contribution in [0.4, 0.5) is 0 Å². The van der Waals surface area contributed by atoms with Crippen molar-refractivity contribution in [2.45, 2.75) is 6.61 Å². The summed E-state index contributed by atoms with van der Waals surface area (Å²) >= 11 is 0. The third-order valence-corrected chi connectivity index (χ3v) is 3.49. The molecule has 126 valence electrons. The van der Waals surface area contributed by atoms with E-state index in [0.717, 1.165) is 16.9 Å². The number of carbonyl (C=O) groups excluding carboxylic acids is 1. The summed E-state index contributed by atoms with van der Waals surface area (Å²) in [5, 5.41) is 3.71. The van der Waals surface area contributed by atoms with Gasteiger partial charge in [-0.25, -0.2) is 9.78 Å². The molecule has 1 aromatic heterocycles. The first-order chi connectivity index (χ1) is 12.2. The van der Waals surface area contributed by atoms with E-state index in [1.54, 1.807) is 11.6 Å². The number of imidazole rings is 1. The Hall–Kier alpha value is -3.41. The first kappa shape index (κ1) is 16.4. The topological polar surface area (TPSA) is 65.7 Å². The van der Waals surface area contributed by atoms with E-state index < -0.39 is 5.97 Å². The second-order valence-corrected chi connectivity index (χ2v) is 5.35. The first-order valence-electron chi connectivity index (χ1n) is 7.70. The monoisotopic (exact) mass is 335 g/mol. The minimum atomic E-state index is -0.556. The number of aromatic nitrogens is 2. The summed E-state index contributed by atoms with van der Waals surface area (Å²) in [4.78, 5) is 20.5. The van der Waals surface area contributed by atoms with Crippen LogP contribution >= 0.6 is 0 Å². The van der Waals surface area contributed by atoms with Crippen molar-refractivity contribution in [1.29, 1.82) is 0 Å². The van der Waals surface area contributed by atoms with Crippen molar-refractivity contribution in [1.82, 2.24) is 9.55 Å². The summed E-state index contributed by atoms with van der Waals surface area (Å²) in [6.07, 6.45) is 4.42. The summed E-state index contributed by atoms with van der Waals surface area (Å²) in [5.74, 6) is 0.201. The zero-order valence-corrected chi connectivity index (χ0v) is 13.7. The molecule has 3 rings (SSSR count). The van der Waals surface area contributed by atoms with Crippen LogP contribution in [0.1, 0.15) is 21.6 Å². The third kappa shape index (κ3) is 4.54. The van der Waals surface area contributed by atoms with E-state index in [9.17, 15) is 4.79 Å². The van der Waals surface area contributed by atoms with Crippen LogP contribution in [-0.4, -0.2) is 21.7 Å². The van der Waals surface area contributed by atoms with Gasteiger partial charge in [0.2, 0.25) is 0 Å². The lowest BCUT2D eigenvalue weighted by Gasteiger charge is -2.06. The van der Waals surface area contributed by atoms with Crippen LogP contribution in [0.5, 0.6) is 5.75 Å². The second kappa shape index (κ2) is 7.92. The Morgan fingerprint density at radius 2 is 1.92 bits per heavy atom.